The predicted molar refractivity (Wildman–Crippen MR) is 80.9 cm³/mol. The second-order valence-corrected chi connectivity index (χ2v) is 4.42. The van der Waals surface area contributed by atoms with Crippen LogP contribution in [0.2, 0.25) is 0 Å². The number of methoxy groups -OCH3 is 2. The van der Waals surface area contributed by atoms with E-state index >= 15 is 0 Å². The average Bonchev–Trinajstić information content (AvgIpc) is 2.49. The zero-order valence-corrected chi connectivity index (χ0v) is 12.1. The van der Waals surface area contributed by atoms with E-state index < -0.39 is 0 Å². The molecule has 1 amide bonds. The minimum Gasteiger partial charge on any atom is -0.493 e. The molecule has 0 spiro atoms. The van der Waals surface area contributed by atoms with Crippen molar-refractivity contribution in [1.82, 2.24) is 4.98 Å². The maximum Gasteiger partial charge on any atom is 0.276 e. The third-order valence-electron chi connectivity index (χ3n) is 3.03. The lowest BCUT2D eigenvalue weighted by molar-refractivity contribution is 0.102. The monoisotopic (exact) mass is 287 g/mol. The standard InChI is InChI=1S/C15H17N3O3/c1-9-7-12(20-2)13(21-3)8-11(9)18-15(19)14-10(16)5-4-6-17-14/h4-8H,16H2,1-3H3,(H,18,19). The summed E-state index contributed by atoms with van der Waals surface area (Å²) in [4.78, 5) is 16.2. The van der Waals surface area contributed by atoms with E-state index in [1.54, 1.807) is 31.4 Å². The largest absolute Gasteiger partial charge is 0.493 e. The highest BCUT2D eigenvalue weighted by molar-refractivity contribution is 6.06. The van der Waals surface area contributed by atoms with Gasteiger partial charge in [0.2, 0.25) is 0 Å². The third-order valence-corrected chi connectivity index (χ3v) is 3.03. The number of nitrogen functional groups attached to an aromatic ring is 1. The Kier molecular flexibility index (Phi) is 4.27. The van der Waals surface area contributed by atoms with Crippen LogP contribution in [0.1, 0.15) is 16.1 Å². The van der Waals surface area contributed by atoms with Gasteiger partial charge in [0.1, 0.15) is 0 Å². The summed E-state index contributed by atoms with van der Waals surface area (Å²) < 4.78 is 10.4. The molecule has 2 aromatic rings. The smallest absolute Gasteiger partial charge is 0.276 e. The molecule has 0 atom stereocenters. The molecule has 3 N–H and O–H groups in total. The van der Waals surface area contributed by atoms with Gasteiger partial charge in [0.05, 0.1) is 19.9 Å². The van der Waals surface area contributed by atoms with Crippen LogP contribution in [0.4, 0.5) is 11.4 Å². The lowest BCUT2D eigenvalue weighted by atomic mass is 10.1. The number of hydrogen-bond acceptors (Lipinski definition) is 5. The van der Waals surface area contributed by atoms with E-state index in [1.165, 1.54) is 13.3 Å². The van der Waals surface area contributed by atoms with E-state index in [-0.39, 0.29) is 11.6 Å². The first-order chi connectivity index (χ1) is 10.1. The number of nitrogens with zero attached hydrogens (tertiary/aromatic N) is 1. The van der Waals surface area contributed by atoms with Gasteiger partial charge in [-0.05, 0) is 30.7 Å². The molecule has 0 aliphatic carbocycles. The number of carbonyl (C=O) groups is 1. The molecule has 6 heteroatoms. The minimum atomic E-state index is -0.372. The molecule has 2 rings (SSSR count). The quantitative estimate of drug-likeness (QED) is 0.900. The second-order valence-electron chi connectivity index (χ2n) is 4.42. The Bertz CT molecular complexity index is 671. The molecule has 0 bridgehead atoms. The minimum absolute atomic E-state index is 0.187. The van der Waals surface area contributed by atoms with Gasteiger partial charge in [-0.3, -0.25) is 4.79 Å². The molecule has 0 aliphatic rings. The van der Waals surface area contributed by atoms with Crippen molar-refractivity contribution in [3.8, 4) is 11.5 Å². The number of rotatable bonds is 4. The van der Waals surface area contributed by atoms with Gasteiger partial charge >= 0.3 is 0 Å². The van der Waals surface area contributed by atoms with Crippen LogP contribution >= 0.6 is 0 Å². The van der Waals surface area contributed by atoms with Crippen LogP contribution in [-0.2, 0) is 0 Å². The van der Waals surface area contributed by atoms with Gasteiger partial charge in [0.25, 0.3) is 5.91 Å². The summed E-state index contributed by atoms with van der Waals surface area (Å²) in [5.74, 6) is 0.765. The lowest BCUT2D eigenvalue weighted by Gasteiger charge is -2.13. The number of anilines is 2. The number of amides is 1. The van der Waals surface area contributed by atoms with E-state index in [1.807, 2.05) is 6.92 Å². The fraction of sp³-hybridized carbons (Fsp3) is 0.200. The van der Waals surface area contributed by atoms with Crippen molar-refractivity contribution in [3.05, 3.63) is 41.7 Å². The number of pyridine rings is 1. The average molecular weight is 287 g/mol. The highest BCUT2D eigenvalue weighted by Crippen LogP contribution is 2.33. The van der Waals surface area contributed by atoms with Crippen LogP contribution in [0.3, 0.4) is 0 Å². The molecule has 0 saturated heterocycles. The van der Waals surface area contributed by atoms with Gasteiger partial charge in [0.15, 0.2) is 17.2 Å². The van der Waals surface area contributed by atoms with Gasteiger partial charge in [-0.15, -0.1) is 0 Å². The Hall–Kier alpha value is -2.76. The molecule has 0 aliphatic heterocycles. The van der Waals surface area contributed by atoms with Crippen molar-refractivity contribution in [2.75, 3.05) is 25.3 Å². The zero-order valence-electron chi connectivity index (χ0n) is 12.1. The fourth-order valence-corrected chi connectivity index (χ4v) is 1.90. The highest BCUT2D eigenvalue weighted by atomic mass is 16.5. The van der Waals surface area contributed by atoms with Gasteiger partial charge < -0.3 is 20.5 Å². The van der Waals surface area contributed by atoms with Gasteiger partial charge in [-0.1, -0.05) is 0 Å². The maximum absolute atomic E-state index is 12.2. The Balaban J connectivity index is 2.31. The second kappa shape index (κ2) is 6.13. The van der Waals surface area contributed by atoms with Crippen LogP contribution in [0, 0.1) is 6.92 Å². The van der Waals surface area contributed by atoms with Crippen molar-refractivity contribution >= 4 is 17.3 Å². The Morgan fingerprint density at radius 3 is 2.52 bits per heavy atom. The topological polar surface area (TPSA) is 86.5 Å². The summed E-state index contributed by atoms with van der Waals surface area (Å²) in [5.41, 5.74) is 7.72. The summed E-state index contributed by atoms with van der Waals surface area (Å²) in [5, 5.41) is 2.78. The number of aryl methyl sites for hydroxylation is 1. The first-order valence-corrected chi connectivity index (χ1v) is 6.31. The number of nitrogens with one attached hydrogen (secondary N) is 1. The maximum atomic E-state index is 12.2. The first kappa shape index (κ1) is 14.6. The molecule has 1 heterocycles. The van der Waals surface area contributed by atoms with Crippen LogP contribution in [0.5, 0.6) is 11.5 Å². The lowest BCUT2D eigenvalue weighted by Crippen LogP contribution is -2.16. The summed E-state index contributed by atoms with van der Waals surface area (Å²) in [6.07, 6.45) is 1.52. The van der Waals surface area contributed by atoms with E-state index in [2.05, 4.69) is 10.3 Å². The van der Waals surface area contributed by atoms with Crippen LogP contribution < -0.4 is 20.5 Å². The molecular weight excluding hydrogens is 270 g/mol. The van der Waals surface area contributed by atoms with Crippen molar-refractivity contribution in [2.24, 2.45) is 0 Å². The Labute approximate surface area is 122 Å². The number of benzene rings is 1. The zero-order chi connectivity index (χ0) is 15.4. The Morgan fingerprint density at radius 2 is 1.90 bits per heavy atom. The van der Waals surface area contributed by atoms with E-state index in [9.17, 15) is 4.79 Å². The van der Waals surface area contributed by atoms with Crippen LogP contribution in [0.25, 0.3) is 0 Å². The molecule has 1 aromatic carbocycles. The van der Waals surface area contributed by atoms with E-state index in [0.29, 0.717) is 22.9 Å². The molecule has 6 nitrogen and oxygen atoms in total. The summed E-state index contributed by atoms with van der Waals surface area (Å²) in [6.45, 7) is 1.86. The normalized spacial score (nSPS) is 10.0. The third kappa shape index (κ3) is 3.05. The predicted octanol–water partition coefficient (Wildman–Crippen LogP) is 2.24. The number of aromatic nitrogens is 1. The van der Waals surface area contributed by atoms with Gasteiger partial charge in [0, 0.05) is 18.0 Å². The molecule has 0 saturated carbocycles. The van der Waals surface area contributed by atoms with Crippen molar-refractivity contribution < 1.29 is 14.3 Å². The number of nitrogens with two attached hydrogens (primary N) is 1. The fourth-order valence-electron chi connectivity index (χ4n) is 1.90. The van der Waals surface area contributed by atoms with Crippen molar-refractivity contribution in [1.29, 1.82) is 0 Å². The molecule has 110 valence electrons. The Morgan fingerprint density at radius 1 is 1.24 bits per heavy atom. The molecular formula is C15H17N3O3. The van der Waals surface area contributed by atoms with Gasteiger partial charge in [-0.2, -0.15) is 0 Å². The number of ether oxygens (including phenoxy) is 2. The van der Waals surface area contributed by atoms with E-state index in [4.69, 9.17) is 15.2 Å². The van der Waals surface area contributed by atoms with Crippen molar-refractivity contribution in [2.45, 2.75) is 6.92 Å². The van der Waals surface area contributed by atoms with Crippen molar-refractivity contribution in [3.63, 3.8) is 0 Å². The highest BCUT2D eigenvalue weighted by Gasteiger charge is 2.14. The molecule has 0 fully saturated rings. The first-order valence-electron chi connectivity index (χ1n) is 6.31. The summed E-state index contributed by atoms with van der Waals surface area (Å²) in [7, 11) is 3.10. The van der Waals surface area contributed by atoms with Crippen LogP contribution in [-0.4, -0.2) is 25.1 Å². The van der Waals surface area contributed by atoms with Gasteiger partial charge in [-0.25, -0.2) is 4.98 Å². The summed E-state index contributed by atoms with van der Waals surface area (Å²) >= 11 is 0. The number of hydrogen-bond donors (Lipinski definition) is 2. The molecule has 1 aromatic heterocycles. The molecule has 0 unspecified atom stereocenters. The SMILES string of the molecule is COc1cc(C)c(NC(=O)c2ncccc2N)cc1OC. The van der Waals surface area contributed by atoms with Crippen LogP contribution in [0.15, 0.2) is 30.5 Å². The summed E-state index contributed by atoms with van der Waals surface area (Å²) in [6, 6.07) is 6.79. The molecule has 21 heavy (non-hydrogen) atoms. The number of carbonyl (C=O) groups excluding carboxylic acids is 1. The van der Waals surface area contributed by atoms with E-state index in [0.717, 1.165) is 5.56 Å². The molecule has 0 radical (unpaired) electrons.